The number of esters is 2. The molecule has 0 aliphatic rings. The fourth-order valence-electron chi connectivity index (χ4n) is 2.58. The van der Waals surface area contributed by atoms with Crippen LogP contribution in [0.2, 0.25) is 5.02 Å². The first-order chi connectivity index (χ1) is 13.6. The zero-order valence-corrected chi connectivity index (χ0v) is 17.6. The number of benzene rings is 1. The van der Waals surface area contributed by atoms with Gasteiger partial charge in [0.25, 0.3) is 0 Å². The van der Waals surface area contributed by atoms with E-state index in [2.05, 4.69) is 18.8 Å². The van der Waals surface area contributed by atoms with Crippen LogP contribution in [0, 0.1) is 11.8 Å². The van der Waals surface area contributed by atoms with Gasteiger partial charge in [0, 0.05) is 6.42 Å². The Balaban J connectivity index is 2.01. The minimum atomic E-state index is -0.522. The average molecular weight is 407 g/mol. The van der Waals surface area contributed by atoms with E-state index in [1.54, 1.807) is 24.3 Å². The molecule has 154 valence electrons. The molecule has 0 N–H and O–H groups in total. The van der Waals surface area contributed by atoms with Gasteiger partial charge in [-0.1, -0.05) is 87.4 Å². The monoisotopic (exact) mass is 406 g/mol. The van der Waals surface area contributed by atoms with Crippen molar-refractivity contribution in [1.82, 2.24) is 0 Å². The number of carbonyl (C=O) groups excluding carboxylic acids is 2. The molecule has 0 atom stereocenters. The Hall–Kier alpha value is -1.99. The van der Waals surface area contributed by atoms with Crippen LogP contribution in [0.4, 0.5) is 0 Å². The summed E-state index contributed by atoms with van der Waals surface area (Å²) < 4.78 is 10.1. The molecule has 0 unspecified atom stereocenters. The minimum absolute atomic E-state index is 0.0387. The fraction of sp³-hybridized carbons (Fsp3) is 0.565. The minimum Gasteiger partial charge on any atom is -0.452 e. The van der Waals surface area contributed by atoms with Gasteiger partial charge in [0.1, 0.15) is 5.75 Å². The number of hydrogen-bond acceptors (Lipinski definition) is 4. The van der Waals surface area contributed by atoms with Crippen LogP contribution in [-0.2, 0) is 14.3 Å². The summed E-state index contributed by atoms with van der Waals surface area (Å²) in [4.78, 5) is 23.4. The van der Waals surface area contributed by atoms with Gasteiger partial charge in [0.2, 0.25) is 0 Å². The molecule has 0 bridgehead atoms. The highest BCUT2D eigenvalue weighted by molar-refractivity contribution is 6.32. The molecule has 28 heavy (non-hydrogen) atoms. The summed E-state index contributed by atoms with van der Waals surface area (Å²) in [5.41, 5.74) is 0. The van der Waals surface area contributed by atoms with Crippen LogP contribution in [0.25, 0.3) is 0 Å². The standard InChI is InChI=1S/C23H31ClO4/c1-2-3-4-5-6-7-8-9-10-11-14-19-27-22(25)17-18-23(26)28-21-16-13-12-15-20(21)24/h12-13,15-16H,2-10,17-19H2,1H3. The van der Waals surface area contributed by atoms with Gasteiger partial charge in [0.05, 0.1) is 17.9 Å². The lowest BCUT2D eigenvalue weighted by Gasteiger charge is -2.05. The second-order valence-electron chi connectivity index (χ2n) is 6.64. The molecule has 0 aliphatic carbocycles. The SMILES string of the molecule is CCCCCCCCCCC#CCOC(=O)CCC(=O)Oc1ccccc1Cl. The predicted octanol–water partition coefficient (Wildman–Crippen LogP) is 6.10. The third-order valence-corrected chi connectivity index (χ3v) is 4.49. The molecule has 0 spiro atoms. The van der Waals surface area contributed by atoms with Crippen LogP contribution in [-0.4, -0.2) is 18.5 Å². The van der Waals surface area contributed by atoms with Gasteiger partial charge in [-0.2, -0.15) is 0 Å². The zero-order chi connectivity index (χ0) is 20.5. The van der Waals surface area contributed by atoms with Crippen LogP contribution < -0.4 is 4.74 Å². The van der Waals surface area contributed by atoms with Crippen LogP contribution >= 0.6 is 11.6 Å². The normalized spacial score (nSPS) is 10.1. The Kier molecular flexibility index (Phi) is 13.7. The summed E-state index contributed by atoms with van der Waals surface area (Å²) >= 11 is 5.91. The maximum Gasteiger partial charge on any atom is 0.311 e. The molecule has 4 nitrogen and oxygen atoms in total. The topological polar surface area (TPSA) is 52.6 Å². The van der Waals surface area contributed by atoms with E-state index in [1.807, 2.05) is 0 Å². The number of ether oxygens (including phenoxy) is 2. The summed E-state index contributed by atoms with van der Waals surface area (Å²) in [6.07, 6.45) is 10.9. The number of halogens is 1. The highest BCUT2D eigenvalue weighted by atomic mass is 35.5. The molecule has 1 aromatic rings. The van der Waals surface area contributed by atoms with Gasteiger partial charge < -0.3 is 9.47 Å². The Morgan fingerprint density at radius 3 is 2.25 bits per heavy atom. The average Bonchev–Trinajstić information content (AvgIpc) is 2.69. The van der Waals surface area contributed by atoms with Crippen LogP contribution in [0.3, 0.4) is 0 Å². The van der Waals surface area contributed by atoms with Gasteiger partial charge in [-0.15, -0.1) is 0 Å². The number of hydrogen-bond donors (Lipinski definition) is 0. The lowest BCUT2D eigenvalue weighted by molar-refractivity contribution is -0.145. The number of unbranched alkanes of at least 4 members (excludes halogenated alkanes) is 8. The van der Waals surface area contributed by atoms with E-state index in [4.69, 9.17) is 21.1 Å². The van der Waals surface area contributed by atoms with Crippen molar-refractivity contribution < 1.29 is 19.1 Å². The summed E-state index contributed by atoms with van der Waals surface area (Å²) in [6, 6.07) is 6.69. The van der Waals surface area contributed by atoms with Crippen molar-refractivity contribution >= 4 is 23.5 Å². The number of para-hydroxylation sites is 1. The van der Waals surface area contributed by atoms with E-state index in [0.717, 1.165) is 12.8 Å². The van der Waals surface area contributed by atoms with Crippen LogP contribution in [0.15, 0.2) is 24.3 Å². The summed E-state index contributed by atoms with van der Waals surface area (Å²) in [5, 5.41) is 0.352. The summed E-state index contributed by atoms with van der Waals surface area (Å²) in [5.74, 6) is 5.17. The molecule has 0 saturated carbocycles. The Morgan fingerprint density at radius 2 is 1.54 bits per heavy atom. The number of rotatable bonds is 13. The highest BCUT2D eigenvalue weighted by Crippen LogP contribution is 2.23. The molecular formula is C23H31ClO4. The molecule has 0 saturated heterocycles. The highest BCUT2D eigenvalue weighted by Gasteiger charge is 2.11. The second-order valence-corrected chi connectivity index (χ2v) is 7.05. The molecule has 0 fully saturated rings. The molecule has 0 heterocycles. The molecule has 5 heteroatoms. The molecule has 0 aliphatic heterocycles. The van der Waals surface area contributed by atoms with E-state index >= 15 is 0 Å². The molecule has 0 aromatic heterocycles. The maximum absolute atomic E-state index is 11.7. The van der Waals surface area contributed by atoms with Crippen molar-refractivity contribution in [2.24, 2.45) is 0 Å². The Bertz CT molecular complexity index is 645. The van der Waals surface area contributed by atoms with Crippen molar-refractivity contribution in [1.29, 1.82) is 0 Å². The molecule has 1 aromatic carbocycles. The van der Waals surface area contributed by atoms with Gasteiger partial charge >= 0.3 is 11.9 Å². The fourth-order valence-corrected chi connectivity index (χ4v) is 2.76. The maximum atomic E-state index is 11.7. The lowest BCUT2D eigenvalue weighted by Crippen LogP contribution is -2.12. The Labute approximate surface area is 173 Å². The van der Waals surface area contributed by atoms with Crippen molar-refractivity contribution in [3.63, 3.8) is 0 Å². The predicted molar refractivity (Wildman–Crippen MR) is 112 cm³/mol. The number of carbonyl (C=O) groups is 2. The van der Waals surface area contributed by atoms with Crippen molar-refractivity contribution in [3.8, 4) is 17.6 Å². The molecular weight excluding hydrogens is 376 g/mol. The van der Waals surface area contributed by atoms with Gasteiger partial charge in [-0.25, -0.2) is 0 Å². The second kappa shape index (κ2) is 16.0. The Morgan fingerprint density at radius 1 is 0.893 bits per heavy atom. The first-order valence-corrected chi connectivity index (χ1v) is 10.6. The van der Waals surface area contributed by atoms with Crippen LogP contribution in [0.5, 0.6) is 5.75 Å². The van der Waals surface area contributed by atoms with Crippen molar-refractivity contribution in [2.75, 3.05) is 6.61 Å². The van der Waals surface area contributed by atoms with Crippen molar-refractivity contribution in [2.45, 2.75) is 77.6 Å². The lowest BCUT2D eigenvalue weighted by atomic mass is 10.1. The summed E-state index contributed by atoms with van der Waals surface area (Å²) in [6.45, 7) is 2.29. The van der Waals surface area contributed by atoms with E-state index < -0.39 is 11.9 Å². The van der Waals surface area contributed by atoms with E-state index in [0.29, 0.717) is 5.02 Å². The van der Waals surface area contributed by atoms with E-state index in [9.17, 15) is 9.59 Å². The largest absolute Gasteiger partial charge is 0.452 e. The molecule has 0 radical (unpaired) electrons. The molecule has 0 amide bonds. The third-order valence-electron chi connectivity index (χ3n) is 4.18. The zero-order valence-electron chi connectivity index (χ0n) is 16.8. The quantitative estimate of drug-likeness (QED) is 0.172. The van der Waals surface area contributed by atoms with Crippen molar-refractivity contribution in [3.05, 3.63) is 29.3 Å². The molecule has 1 rings (SSSR count). The smallest absolute Gasteiger partial charge is 0.311 e. The van der Waals surface area contributed by atoms with Gasteiger partial charge in [-0.3, -0.25) is 9.59 Å². The van der Waals surface area contributed by atoms with E-state index in [1.165, 1.54) is 44.9 Å². The van der Waals surface area contributed by atoms with Gasteiger partial charge in [0.15, 0.2) is 6.61 Å². The first kappa shape index (κ1) is 24.0. The van der Waals surface area contributed by atoms with E-state index in [-0.39, 0.29) is 25.2 Å². The van der Waals surface area contributed by atoms with Gasteiger partial charge in [-0.05, 0) is 18.6 Å². The third kappa shape index (κ3) is 12.4. The summed E-state index contributed by atoms with van der Waals surface area (Å²) in [7, 11) is 0. The van der Waals surface area contributed by atoms with Crippen LogP contribution in [0.1, 0.15) is 77.6 Å². The first-order valence-electron chi connectivity index (χ1n) is 10.2.